The summed E-state index contributed by atoms with van der Waals surface area (Å²) in [5.41, 5.74) is 8.93. The molecule has 0 saturated carbocycles. The molecule has 2 heteroatoms. The van der Waals surface area contributed by atoms with E-state index in [1.807, 2.05) is 0 Å². The van der Waals surface area contributed by atoms with Crippen LogP contribution in [0.5, 0.6) is 0 Å². The van der Waals surface area contributed by atoms with Gasteiger partial charge in [-0.25, -0.2) is 0 Å². The summed E-state index contributed by atoms with van der Waals surface area (Å²) in [4.78, 5) is 2.46. The second kappa shape index (κ2) is 7.55. The van der Waals surface area contributed by atoms with E-state index in [4.69, 9.17) is 5.73 Å². The highest BCUT2D eigenvalue weighted by molar-refractivity contribution is 5.25. The van der Waals surface area contributed by atoms with Crippen molar-refractivity contribution in [1.82, 2.24) is 4.90 Å². The second-order valence-electron chi connectivity index (χ2n) is 5.05. The Balaban J connectivity index is 2.65. The Kier molecular flexibility index (Phi) is 6.37. The van der Waals surface area contributed by atoms with E-state index in [0.29, 0.717) is 6.04 Å². The first-order valence-corrected chi connectivity index (χ1v) is 7.20. The van der Waals surface area contributed by atoms with Crippen molar-refractivity contribution in [2.45, 2.75) is 52.6 Å². The topological polar surface area (TPSA) is 29.3 Å². The normalized spacial score (nSPS) is 14.8. The van der Waals surface area contributed by atoms with E-state index in [2.05, 4.69) is 56.9 Å². The molecular weight excluding hydrogens is 220 g/mol. The highest BCUT2D eigenvalue weighted by atomic mass is 15.2. The van der Waals surface area contributed by atoms with Gasteiger partial charge in [-0.1, -0.05) is 45.0 Å². The molecule has 2 nitrogen and oxygen atoms in total. The molecule has 0 radical (unpaired) electrons. The molecule has 102 valence electrons. The molecule has 2 unspecified atom stereocenters. The van der Waals surface area contributed by atoms with Crippen molar-refractivity contribution in [1.29, 1.82) is 0 Å². The van der Waals surface area contributed by atoms with E-state index in [1.54, 1.807) is 0 Å². The average molecular weight is 248 g/mol. The lowest BCUT2D eigenvalue weighted by Gasteiger charge is -2.29. The molecule has 0 aliphatic heterocycles. The fraction of sp³-hybridized carbons (Fsp3) is 0.625. The number of hydrogen-bond donors (Lipinski definition) is 1. The van der Waals surface area contributed by atoms with Crippen LogP contribution in [0, 0.1) is 0 Å². The SMILES string of the molecule is CCc1ccc(C(N)CN(CC)C(C)CC)cc1. The van der Waals surface area contributed by atoms with Gasteiger partial charge in [-0.3, -0.25) is 4.90 Å². The van der Waals surface area contributed by atoms with Gasteiger partial charge in [-0.15, -0.1) is 0 Å². The standard InChI is InChI=1S/C16H28N2/c1-5-13(4)18(7-3)12-16(17)15-10-8-14(6-2)9-11-15/h8-11,13,16H,5-7,12,17H2,1-4H3. The van der Waals surface area contributed by atoms with Crippen molar-refractivity contribution in [3.8, 4) is 0 Å². The predicted molar refractivity (Wildman–Crippen MR) is 79.7 cm³/mol. The monoisotopic (exact) mass is 248 g/mol. The summed E-state index contributed by atoms with van der Waals surface area (Å²) in [5.74, 6) is 0. The molecule has 0 spiro atoms. The number of nitrogens with two attached hydrogens (primary N) is 1. The summed E-state index contributed by atoms with van der Waals surface area (Å²) in [5, 5.41) is 0. The summed E-state index contributed by atoms with van der Waals surface area (Å²) in [6.07, 6.45) is 2.26. The van der Waals surface area contributed by atoms with Gasteiger partial charge in [0.25, 0.3) is 0 Å². The molecule has 0 saturated heterocycles. The highest BCUT2D eigenvalue weighted by Gasteiger charge is 2.15. The third kappa shape index (κ3) is 4.11. The van der Waals surface area contributed by atoms with Crippen LogP contribution < -0.4 is 5.73 Å². The number of hydrogen-bond acceptors (Lipinski definition) is 2. The van der Waals surface area contributed by atoms with Gasteiger partial charge < -0.3 is 5.73 Å². The van der Waals surface area contributed by atoms with Gasteiger partial charge in [0, 0.05) is 18.6 Å². The minimum atomic E-state index is 0.116. The van der Waals surface area contributed by atoms with Crippen LogP contribution >= 0.6 is 0 Å². The Hall–Kier alpha value is -0.860. The van der Waals surface area contributed by atoms with Crippen LogP contribution in [0.15, 0.2) is 24.3 Å². The molecule has 18 heavy (non-hydrogen) atoms. The van der Waals surface area contributed by atoms with E-state index < -0.39 is 0 Å². The van der Waals surface area contributed by atoms with Crippen LogP contribution in [0.4, 0.5) is 0 Å². The Morgan fingerprint density at radius 2 is 1.72 bits per heavy atom. The first-order valence-electron chi connectivity index (χ1n) is 7.20. The number of aryl methyl sites for hydroxylation is 1. The van der Waals surface area contributed by atoms with Crippen molar-refractivity contribution in [2.24, 2.45) is 5.73 Å². The molecule has 0 amide bonds. The van der Waals surface area contributed by atoms with Gasteiger partial charge in [0.2, 0.25) is 0 Å². The number of likely N-dealkylation sites (N-methyl/N-ethyl adjacent to an activating group) is 1. The Bertz CT molecular complexity index is 331. The quantitative estimate of drug-likeness (QED) is 0.801. The zero-order chi connectivity index (χ0) is 13.5. The molecule has 1 aromatic rings. The first-order chi connectivity index (χ1) is 8.62. The van der Waals surface area contributed by atoms with E-state index in [1.165, 1.54) is 17.5 Å². The summed E-state index contributed by atoms with van der Waals surface area (Å²) < 4.78 is 0. The van der Waals surface area contributed by atoms with Crippen LogP contribution in [0.1, 0.15) is 51.3 Å². The second-order valence-corrected chi connectivity index (χ2v) is 5.05. The summed E-state index contributed by atoms with van der Waals surface area (Å²) >= 11 is 0. The van der Waals surface area contributed by atoms with Gasteiger partial charge in [-0.05, 0) is 37.4 Å². The van der Waals surface area contributed by atoms with Gasteiger partial charge >= 0.3 is 0 Å². The van der Waals surface area contributed by atoms with Crippen LogP contribution in [-0.2, 0) is 6.42 Å². The number of benzene rings is 1. The maximum atomic E-state index is 6.31. The van der Waals surface area contributed by atoms with Crippen molar-refractivity contribution < 1.29 is 0 Å². The molecule has 1 aromatic carbocycles. The van der Waals surface area contributed by atoms with Gasteiger partial charge in [0.05, 0.1) is 0 Å². The van der Waals surface area contributed by atoms with Crippen molar-refractivity contribution in [3.63, 3.8) is 0 Å². The van der Waals surface area contributed by atoms with Crippen LogP contribution in [0.3, 0.4) is 0 Å². The molecule has 0 aromatic heterocycles. The third-order valence-electron chi connectivity index (χ3n) is 3.87. The van der Waals surface area contributed by atoms with Crippen LogP contribution in [0.25, 0.3) is 0 Å². The lowest BCUT2D eigenvalue weighted by atomic mass is 10.0. The van der Waals surface area contributed by atoms with E-state index >= 15 is 0 Å². The largest absolute Gasteiger partial charge is 0.323 e. The zero-order valence-electron chi connectivity index (χ0n) is 12.3. The fourth-order valence-electron chi connectivity index (χ4n) is 2.24. The molecule has 0 aliphatic rings. The number of nitrogens with zero attached hydrogens (tertiary/aromatic N) is 1. The minimum Gasteiger partial charge on any atom is -0.323 e. The van der Waals surface area contributed by atoms with Crippen LogP contribution in [0.2, 0.25) is 0 Å². The lowest BCUT2D eigenvalue weighted by Crippen LogP contribution is -2.38. The van der Waals surface area contributed by atoms with E-state index in [9.17, 15) is 0 Å². The lowest BCUT2D eigenvalue weighted by molar-refractivity contribution is 0.202. The Labute approximate surface area is 112 Å². The van der Waals surface area contributed by atoms with Crippen molar-refractivity contribution >= 4 is 0 Å². The average Bonchev–Trinajstić information content (AvgIpc) is 2.43. The van der Waals surface area contributed by atoms with Gasteiger partial charge in [0.15, 0.2) is 0 Å². The minimum absolute atomic E-state index is 0.116. The van der Waals surface area contributed by atoms with Gasteiger partial charge in [-0.2, -0.15) is 0 Å². The fourth-order valence-corrected chi connectivity index (χ4v) is 2.24. The zero-order valence-corrected chi connectivity index (χ0v) is 12.3. The predicted octanol–water partition coefficient (Wildman–Crippen LogP) is 3.37. The van der Waals surface area contributed by atoms with E-state index in [-0.39, 0.29) is 6.04 Å². The summed E-state index contributed by atoms with van der Waals surface area (Å²) in [6, 6.07) is 9.45. The maximum absolute atomic E-state index is 6.31. The molecule has 0 bridgehead atoms. The maximum Gasteiger partial charge on any atom is 0.0424 e. The molecule has 0 heterocycles. The van der Waals surface area contributed by atoms with Gasteiger partial charge in [0.1, 0.15) is 0 Å². The number of rotatable bonds is 7. The smallest absolute Gasteiger partial charge is 0.0424 e. The summed E-state index contributed by atoms with van der Waals surface area (Å²) in [7, 11) is 0. The van der Waals surface area contributed by atoms with Crippen LogP contribution in [-0.4, -0.2) is 24.0 Å². The first kappa shape index (κ1) is 15.2. The summed E-state index contributed by atoms with van der Waals surface area (Å²) in [6.45, 7) is 10.9. The van der Waals surface area contributed by atoms with Crippen molar-refractivity contribution in [3.05, 3.63) is 35.4 Å². The molecule has 1 rings (SSSR count). The molecule has 2 atom stereocenters. The highest BCUT2D eigenvalue weighted by Crippen LogP contribution is 2.15. The van der Waals surface area contributed by atoms with E-state index in [0.717, 1.165) is 19.5 Å². The Morgan fingerprint density at radius 3 is 2.17 bits per heavy atom. The molecule has 0 fully saturated rings. The van der Waals surface area contributed by atoms with Crippen molar-refractivity contribution in [2.75, 3.05) is 13.1 Å². The Morgan fingerprint density at radius 1 is 1.11 bits per heavy atom. The third-order valence-corrected chi connectivity index (χ3v) is 3.87. The molecule has 2 N–H and O–H groups in total. The molecule has 0 aliphatic carbocycles. The molecular formula is C16H28N2.